The molecule has 0 radical (unpaired) electrons. The second-order valence-corrected chi connectivity index (χ2v) is 9.22. The Labute approximate surface area is 206 Å². The molecule has 0 saturated heterocycles. The number of unbranched alkanes of at least 4 members (excludes halogenated alkanes) is 2. The summed E-state index contributed by atoms with van der Waals surface area (Å²) in [6, 6.07) is 20.8. The van der Waals surface area contributed by atoms with E-state index in [0.717, 1.165) is 17.5 Å². The van der Waals surface area contributed by atoms with E-state index >= 15 is 0 Å². The van der Waals surface area contributed by atoms with Gasteiger partial charge in [0.2, 0.25) is 5.91 Å². The molecule has 0 saturated carbocycles. The fourth-order valence-electron chi connectivity index (χ4n) is 4.04. The first-order chi connectivity index (χ1) is 17.1. The lowest BCUT2D eigenvalue weighted by atomic mass is 10.1. The SMILES string of the molecule is N#Cc1ccccc1Cn1c(=O)n(CCCCCC(=O)NCc2ccccc2)c(=O)c2sccc21. The molecule has 0 aliphatic heterocycles. The van der Waals surface area contributed by atoms with Gasteiger partial charge in [-0.25, -0.2) is 4.79 Å². The third-order valence-corrected chi connectivity index (χ3v) is 6.81. The minimum atomic E-state index is -0.380. The molecule has 2 heterocycles. The Morgan fingerprint density at radius 3 is 2.51 bits per heavy atom. The second kappa shape index (κ2) is 11.4. The summed E-state index contributed by atoms with van der Waals surface area (Å²) in [6.07, 6.45) is 2.43. The number of hydrogen-bond acceptors (Lipinski definition) is 5. The summed E-state index contributed by atoms with van der Waals surface area (Å²) >= 11 is 1.31. The molecule has 1 amide bonds. The highest BCUT2D eigenvalue weighted by Crippen LogP contribution is 2.18. The Morgan fingerprint density at radius 1 is 0.943 bits per heavy atom. The van der Waals surface area contributed by atoms with Gasteiger partial charge < -0.3 is 5.32 Å². The second-order valence-electron chi connectivity index (χ2n) is 8.30. The molecule has 0 aliphatic rings. The van der Waals surface area contributed by atoms with Gasteiger partial charge in [-0.05, 0) is 41.5 Å². The Bertz CT molecular complexity index is 1480. The van der Waals surface area contributed by atoms with Crippen LogP contribution in [-0.4, -0.2) is 15.0 Å². The minimum Gasteiger partial charge on any atom is -0.352 e. The van der Waals surface area contributed by atoms with Crippen LogP contribution in [0.5, 0.6) is 0 Å². The number of carbonyl (C=O) groups is 1. The fourth-order valence-corrected chi connectivity index (χ4v) is 4.88. The van der Waals surface area contributed by atoms with Crippen LogP contribution in [0.1, 0.15) is 42.4 Å². The third-order valence-electron chi connectivity index (χ3n) is 5.92. The van der Waals surface area contributed by atoms with Crippen molar-refractivity contribution in [2.75, 3.05) is 0 Å². The molecule has 7 nitrogen and oxygen atoms in total. The number of nitrogens with one attached hydrogen (secondary N) is 1. The number of nitrogens with zero attached hydrogens (tertiary/aromatic N) is 3. The zero-order valence-corrected chi connectivity index (χ0v) is 20.1. The summed E-state index contributed by atoms with van der Waals surface area (Å²) in [5.41, 5.74) is 2.21. The molecule has 2 aromatic heterocycles. The van der Waals surface area contributed by atoms with Gasteiger partial charge >= 0.3 is 5.69 Å². The van der Waals surface area contributed by atoms with Crippen LogP contribution in [0, 0.1) is 11.3 Å². The zero-order chi connectivity index (χ0) is 24.6. The molecule has 178 valence electrons. The van der Waals surface area contributed by atoms with Crippen LogP contribution in [0.2, 0.25) is 0 Å². The first kappa shape index (κ1) is 24.2. The number of nitriles is 1. The predicted octanol–water partition coefficient (Wildman–Crippen LogP) is 4.02. The largest absolute Gasteiger partial charge is 0.352 e. The summed E-state index contributed by atoms with van der Waals surface area (Å²) in [4.78, 5) is 38.4. The van der Waals surface area contributed by atoms with Gasteiger partial charge in [-0.1, -0.05) is 55.0 Å². The van der Waals surface area contributed by atoms with E-state index in [-0.39, 0.29) is 30.2 Å². The van der Waals surface area contributed by atoms with Crippen LogP contribution in [0.4, 0.5) is 0 Å². The lowest BCUT2D eigenvalue weighted by molar-refractivity contribution is -0.121. The normalized spacial score (nSPS) is 10.8. The van der Waals surface area contributed by atoms with Gasteiger partial charge in [0.05, 0.1) is 23.7 Å². The highest BCUT2D eigenvalue weighted by Gasteiger charge is 2.15. The van der Waals surface area contributed by atoms with Crippen molar-refractivity contribution in [2.24, 2.45) is 0 Å². The van der Waals surface area contributed by atoms with Gasteiger partial charge in [-0.3, -0.25) is 18.7 Å². The van der Waals surface area contributed by atoms with E-state index in [2.05, 4.69) is 11.4 Å². The molecule has 2 aromatic carbocycles. The van der Waals surface area contributed by atoms with E-state index in [1.54, 1.807) is 28.1 Å². The summed E-state index contributed by atoms with van der Waals surface area (Å²) < 4.78 is 3.38. The van der Waals surface area contributed by atoms with Gasteiger partial charge in [0.25, 0.3) is 5.56 Å². The highest BCUT2D eigenvalue weighted by atomic mass is 32.1. The van der Waals surface area contributed by atoms with Gasteiger partial charge in [0.1, 0.15) is 4.70 Å². The van der Waals surface area contributed by atoms with E-state index in [1.165, 1.54) is 15.9 Å². The van der Waals surface area contributed by atoms with E-state index in [4.69, 9.17) is 0 Å². The molecule has 0 atom stereocenters. The quantitative estimate of drug-likeness (QED) is 0.342. The monoisotopic (exact) mass is 486 g/mol. The van der Waals surface area contributed by atoms with Crippen molar-refractivity contribution in [2.45, 2.75) is 45.3 Å². The van der Waals surface area contributed by atoms with Crippen molar-refractivity contribution in [1.29, 1.82) is 5.26 Å². The van der Waals surface area contributed by atoms with Gasteiger partial charge in [-0.2, -0.15) is 5.26 Å². The first-order valence-electron chi connectivity index (χ1n) is 11.6. The molecule has 0 fully saturated rings. The number of carbonyl (C=O) groups excluding carboxylic acids is 1. The van der Waals surface area contributed by atoms with Crippen LogP contribution in [0.3, 0.4) is 0 Å². The van der Waals surface area contributed by atoms with Crippen molar-refractivity contribution < 1.29 is 4.79 Å². The lowest BCUT2D eigenvalue weighted by Gasteiger charge is -2.13. The fraction of sp³-hybridized carbons (Fsp3) is 0.259. The minimum absolute atomic E-state index is 0.00969. The summed E-state index contributed by atoms with van der Waals surface area (Å²) in [5, 5.41) is 14.1. The molecule has 0 aliphatic carbocycles. The number of benzene rings is 2. The van der Waals surface area contributed by atoms with E-state index < -0.39 is 0 Å². The Balaban J connectivity index is 1.39. The van der Waals surface area contributed by atoms with Crippen LogP contribution in [0.15, 0.2) is 75.6 Å². The Hall–Kier alpha value is -3.96. The average Bonchev–Trinajstić information content (AvgIpc) is 3.38. The molecule has 8 heteroatoms. The number of amides is 1. The number of aromatic nitrogens is 2. The van der Waals surface area contributed by atoms with Gasteiger partial charge in [0.15, 0.2) is 0 Å². The van der Waals surface area contributed by atoms with E-state index in [9.17, 15) is 19.6 Å². The maximum atomic E-state index is 13.3. The molecule has 35 heavy (non-hydrogen) atoms. The van der Waals surface area contributed by atoms with Crippen LogP contribution < -0.4 is 16.6 Å². The van der Waals surface area contributed by atoms with Crippen LogP contribution in [0.25, 0.3) is 10.2 Å². The smallest absolute Gasteiger partial charge is 0.331 e. The number of fused-ring (bicyclic) bond motifs is 1. The van der Waals surface area contributed by atoms with Gasteiger partial charge in [-0.15, -0.1) is 11.3 Å². The number of thiophene rings is 1. The first-order valence-corrected chi connectivity index (χ1v) is 12.5. The van der Waals surface area contributed by atoms with Crippen molar-refractivity contribution >= 4 is 27.5 Å². The van der Waals surface area contributed by atoms with Crippen molar-refractivity contribution in [3.05, 3.63) is 104 Å². The highest BCUT2D eigenvalue weighted by molar-refractivity contribution is 7.17. The zero-order valence-electron chi connectivity index (χ0n) is 19.3. The van der Waals surface area contributed by atoms with Crippen molar-refractivity contribution in [1.82, 2.24) is 14.5 Å². The van der Waals surface area contributed by atoms with E-state index in [0.29, 0.717) is 41.6 Å². The molecule has 0 unspecified atom stereocenters. The van der Waals surface area contributed by atoms with Crippen molar-refractivity contribution in [3.8, 4) is 6.07 Å². The van der Waals surface area contributed by atoms with Gasteiger partial charge in [0, 0.05) is 19.5 Å². The Morgan fingerprint density at radius 2 is 1.71 bits per heavy atom. The third kappa shape index (κ3) is 5.76. The standard InChI is InChI=1S/C27H26N4O3S/c28-17-21-11-6-7-12-22(21)19-31-23-14-16-35-25(23)26(33)30(27(31)34)15-8-2-5-13-24(32)29-18-20-9-3-1-4-10-20/h1,3-4,6-7,9-12,14,16H,2,5,8,13,15,18-19H2,(H,29,32). The molecule has 0 bridgehead atoms. The molecular formula is C27H26N4O3S. The molecular weight excluding hydrogens is 460 g/mol. The van der Waals surface area contributed by atoms with Crippen LogP contribution in [-0.2, 0) is 24.4 Å². The molecule has 4 rings (SSSR count). The molecule has 1 N–H and O–H groups in total. The maximum Gasteiger partial charge on any atom is 0.331 e. The summed E-state index contributed by atoms with van der Waals surface area (Å²) in [5.74, 6) is -0.00969. The summed E-state index contributed by atoms with van der Waals surface area (Å²) in [6.45, 7) is 1.01. The molecule has 4 aromatic rings. The predicted molar refractivity (Wildman–Crippen MR) is 137 cm³/mol. The average molecular weight is 487 g/mol. The Kier molecular flexibility index (Phi) is 7.91. The molecule has 0 spiro atoms. The lowest BCUT2D eigenvalue weighted by Crippen LogP contribution is -2.40. The van der Waals surface area contributed by atoms with Crippen LogP contribution >= 0.6 is 11.3 Å². The van der Waals surface area contributed by atoms with E-state index in [1.807, 2.05) is 42.5 Å². The number of rotatable bonds is 10. The number of hydrogen-bond donors (Lipinski definition) is 1. The topological polar surface area (TPSA) is 96.9 Å². The summed E-state index contributed by atoms with van der Waals surface area (Å²) in [7, 11) is 0. The maximum absolute atomic E-state index is 13.3. The van der Waals surface area contributed by atoms with Crippen molar-refractivity contribution in [3.63, 3.8) is 0 Å².